The molecule has 0 saturated carbocycles. The zero-order chi connectivity index (χ0) is 32.4. The van der Waals surface area contributed by atoms with E-state index in [1.54, 1.807) is 0 Å². The van der Waals surface area contributed by atoms with Crippen molar-refractivity contribution < 1.29 is 87.2 Å². The van der Waals surface area contributed by atoms with Gasteiger partial charge in [0.1, 0.15) is 24.6 Å². The fraction of sp³-hybridized carbons (Fsp3) is 0.788. The number of nitrogens with zero attached hydrogens (tertiary/aromatic N) is 1. The molecule has 0 N–H and O–H groups in total. The molecule has 0 aromatic rings. The predicted molar refractivity (Wildman–Crippen MR) is 174 cm³/mol. The first-order valence-corrected chi connectivity index (χ1v) is 15.4. The van der Waals surface area contributed by atoms with E-state index in [1.165, 1.54) is 20.8 Å². The summed E-state index contributed by atoms with van der Waals surface area (Å²) in [6.45, 7) is 15.5. The molecule has 0 bridgehead atoms. The van der Waals surface area contributed by atoms with Gasteiger partial charge in [0.25, 0.3) is 0 Å². The Labute approximate surface area is 312 Å². The number of hydrogen-bond donors (Lipinski definition) is 0. The fourth-order valence-corrected chi connectivity index (χ4v) is 5.23. The van der Waals surface area contributed by atoms with Crippen LogP contribution in [0.25, 0.3) is 0 Å². The van der Waals surface area contributed by atoms with Gasteiger partial charge in [-0.3, -0.25) is 19.2 Å². The third kappa shape index (κ3) is 24.1. The number of rotatable bonds is 16. The van der Waals surface area contributed by atoms with Gasteiger partial charge in [-0.15, -0.1) is 0 Å². The zero-order valence-electron chi connectivity index (χ0n) is 29.9. The Morgan fingerprint density at radius 1 is 0.872 bits per heavy atom. The summed E-state index contributed by atoms with van der Waals surface area (Å²) in [4.78, 5) is 47.3. The minimum absolute atomic E-state index is 0. The van der Waals surface area contributed by atoms with Gasteiger partial charge in [-0.05, 0) is 39.3 Å². The third-order valence-corrected chi connectivity index (χ3v) is 7.50. The number of unbranched alkanes of at least 4 members (excludes halogenated alkanes) is 1. The molecule has 0 aliphatic carbocycles. The molecule has 0 aromatic heterocycles. The summed E-state index contributed by atoms with van der Waals surface area (Å²) in [6.07, 6.45) is 2.62. The van der Waals surface area contributed by atoms with E-state index in [0.29, 0.717) is 45.2 Å². The van der Waals surface area contributed by atoms with Gasteiger partial charge in [-0.2, -0.15) is 0 Å². The molecule has 0 amide bonds. The summed E-state index contributed by atoms with van der Waals surface area (Å²) in [5.41, 5.74) is 0. The number of piperidine rings is 1. The van der Waals surface area contributed by atoms with Crippen LogP contribution in [-0.2, 0) is 87.2 Å². The first-order valence-electron chi connectivity index (χ1n) is 15.4. The van der Waals surface area contributed by atoms with Crippen molar-refractivity contribution in [3.8, 4) is 0 Å². The number of ketones is 1. The number of carbonyl (C=O) groups is 4. The van der Waals surface area contributed by atoms with Crippen LogP contribution >= 0.6 is 0 Å². The van der Waals surface area contributed by atoms with Gasteiger partial charge in [0.15, 0.2) is 6.29 Å². The second kappa shape index (κ2) is 30.1. The fourth-order valence-electron chi connectivity index (χ4n) is 5.23. The summed E-state index contributed by atoms with van der Waals surface area (Å²) in [7, 11) is 7.88. The minimum Gasteiger partial charge on any atom is -0.466 e. The van der Waals surface area contributed by atoms with Gasteiger partial charge in [-0.1, -0.05) is 26.3 Å². The van der Waals surface area contributed by atoms with Crippen LogP contribution in [0.2, 0.25) is 5.82 Å². The summed E-state index contributed by atoms with van der Waals surface area (Å²) < 4.78 is 32.5. The van der Waals surface area contributed by atoms with Gasteiger partial charge in [0.2, 0.25) is 0 Å². The SMILES string of the molecule is [B]C1CC(COC(C)=O)CN(C)C1.[CH2-]COCCCC(=O)CCCCOC1OC(COC(C)=O)C(OC(C)=O)C(C)C1C.[CH3-].[CH3-].[V+2].[W]. The van der Waals surface area contributed by atoms with Crippen LogP contribution in [0.15, 0.2) is 0 Å². The normalized spacial score (nSPS) is 25.0. The number of carbonyl (C=O) groups excluding carboxylic acids is 4. The van der Waals surface area contributed by atoms with E-state index in [0.717, 1.165) is 38.8 Å². The Morgan fingerprint density at radius 3 is 2.02 bits per heavy atom. The quantitative estimate of drug-likeness (QED) is 0.0728. The van der Waals surface area contributed by atoms with Gasteiger partial charge < -0.3 is 55.1 Å². The molecule has 0 spiro atoms. The molecule has 3 radical (unpaired) electrons. The molecule has 7 unspecified atom stereocenters. The molecule has 2 aliphatic rings. The third-order valence-electron chi connectivity index (χ3n) is 7.50. The second-order valence-corrected chi connectivity index (χ2v) is 11.6. The molecule has 14 heteroatoms. The Kier molecular flexibility index (Phi) is 34.0. The van der Waals surface area contributed by atoms with Crippen molar-refractivity contribution in [1.82, 2.24) is 4.90 Å². The second-order valence-electron chi connectivity index (χ2n) is 11.6. The Balaban J connectivity index is -0.000000462. The molecule has 47 heavy (non-hydrogen) atoms. The Hall–Kier alpha value is -0.742. The monoisotopic (exact) mass is 875 g/mol. The van der Waals surface area contributed by atoms with Crippen molar-refractivity contribution in [2.45, 2.75) is 97.5 Å². The van der Waals surface area contributed by atoms with Crippen molar-refractivity contribution >= 4 is 31.5 Å². The van der Waals surface area contributed by atoms with E-state index < -0.39 is 30.4 Å². The first kappa shape index (κ1) is 53.1. The first-order chi connectivity index (χ1) is 20.3. The molecular weight excluding hydrogens is 816 g/mol. The topological polar surface area (TPSA) is 127 Å². The van der Waals surface area contributed by atoms with Crippen molar-refractivity contribution in [1.29, 1.82) is 0 Å². The molecule has 2 heterocycles. The number of Topliss-reactive ketones (excluding diaryl/α,β-unsaturated/α-hetero) is 1. The molecule has 2 aliphatic heterocycles. The van der Waals surface area contributed by atoms with Gasteiger partial charge in [0.05, 0.1) is 14.5 Å². The average molecular weight is 875 g/mol. The summed E-state index contributed by atoms with van der Waals surface area (Å²) in [5.74, 6) is -0.236. The van der Waals surface area contributed by atoms with Crippen LogP contribution < -0.4 is 0 Å². The molecule has 7 atom stereocenters. The van der Waals surface area contributed by atoms with E-state index in [9.17, 15) is 19.2 Å². The van der Waals surface area contributed by atoms with Gasteiger partial charge in [0, 0.05) is 92.2 Å². The standard InChI is InChI=1S/C22H37O8.C9H16BNO2.2CH3.V.W/c1-6-26-12-9-11-19(25)10-7-8-13-27-22-16(3)15(2)21(29-18(5)24)20(30-22)14-28-17(4)23;1-7(12)13-6-8-3-9(10)5-11(2)4-8;;;;/h15-16,20-22H,1,6-14H2,2-5H3;8-9H,3-6H2,1-2H3;2*1H3;;/q-1;;2*-1;+2;. The van der Waals surface area contributed by atoms with E-state index >= 15 is 0 Å². The molecule has 2 rings (SSSR count). The van der Waals surface area contributed by atoms with Crippen LogP contribution in [0.4, 0.5) is 0 Å². The number of hydrogen-bond acceptors (Lipinski definition) is 11. The van der Waals surface area contributed by atoms with Crippen LogP contribution in [0.3, 0.4) is 0 Å². The van der Waals surface area contributed by atoms with E-state index in [1.807, 2.05) is 20.9 Å². The van der Waals surface area contributed by atoms with Crippen molar-refractivity contribution in [2.75, 3.05) is 53.2 Å². The minimum atomic E-state index is -0.587. The maximum absolute atomic E-state index is 11.8. The summed E-state index contributed by atoms with van der Waals surface area (Å²) in [5, 5.41) is 0. The molecular formula is C33H59BNO10VW-. The van der Waals surface area contributed by atoms with Crippen molar-refractivity contribution in [3.63, 3.8) is 0 Å². The molecule has 2 saturated heterocycles. The number of likely N-dealkylation sites (tertiary alicyclic amines) is 1. The van der Waals surface area contributed by atoms with Crippen LogP contribution in [0.5, 0.6) is 0 Å². The number of esters is 3. The molecule has 0 aromatic carbocycles. The zero-order valence-corrected chi connectivity index (χ0v) is 34.2. The maximum atomic E-state index is 11.8. The van der Waals surface area contributed by atoms with Crippen molar-refractivity contribution in [2.24, 2.45) is 17.8 Å². The Morgan fingerprint density at radius 2 is 1.47 bits per heavy atom. The van der Waals surface area contributed by atoms with Crippen LogP contribution in [-0.4, -0.2) is 108 Å². The van der Waals surface area contributed by atoms with Crippen molar-refractivity contribution in [3.05, 3.63) is 21.8 Å². The molecule has 11 nitrogen and oxygen atoms in total. The largest absolute Gasteiger partial charge is 2.00 e. The van der Waals surface area contributed by atoms with E-state index in [-0.39, 0.29) is 90.5 Å². The van der Waals surface area contributed by atoms with E-state index in [4.69, 9.17) is 36.3 Å². The van der Waals surface area contributed by atoms with Crippen LogP contribution in [0.1, 0.15) is 73.1 Å². The summed E-state index contributed by atoms with van der Waals surface area (Å²) >= 11 is 0. The van der Waals surface area contributed by atoms with Gasteiger partial charge in [-0.25, -0.2) is 0 Å². The van der Waals surface area contributed by atoms with E-state index in [2.05, 4.69) is 11.8 Å². The predicted octanol–water partition coefficient (Wildman–Crippen LogP) is 4.22. The number of ether oxygens (including phenoxy) is 6. The van der Waals surface area contributed by atoms with Gasteiger partial charge >= 0.3 is 36.5 Å². The average Bonchev–Trinajstić information content (AvgIpc) is 2.92. The maximum Gasteiger partial charge on any atom is 2.00 e. The molecule has 271 valence electrons. The Bertz CT molecular complexity index is 848. The molecule has 2 fully saturated rings. The summed E-state index contributed by atoms with van der Waals surface area (Å²) in [6, 6.07) is 0. The van der Waals surface area contributed by atoms with Crippen LogP contribution in [0, 0.1) is 39.5 Å². The smallest absolute Gasteiger partial charge is 0.466 e.